The Labute approximate surface area is 114 Å². The average molecular weight is 258 g/mol. The Morgan fingerprint density at radius 2 is 2.21 bits per heavy atom. The van der Waals surface area contributed by atoms with Crippen molar-refractivity contribution in [1.29, 1.82) is 0 Å². The SMILES string of the molecule is CCCNC(Cc1cnn(CC)c1)c1ccccn1. The Morgan fingerprint density at radius 3 is 2.84 bits per heavy atom. The minimum atomic E-state index is 0.260. The van der Waals surface area contributed by atoms with Crippen LogP contribution in [-0.4, -0.2) is 21.3 Å². The molecule has 0 fully saturated rings. The first-order chi connectivity index (χ1) is 9.33. The molecular weight excluding hydrogens is 236 g/mol. The Balaban J connectivity index is 2.09. The zero-order chi connectivity index (χ0) is 13.5. The fraction of sp³-hybridized carbons (Fsp3) is 0.467. The van der Waals surface area contributed by atoms with Gasteiger partial charge in [0.1, 0.15) is 0 Å². The van der Waals surface area contributed by atoms with E-state index in [1.54, 1.807) is 0 Å². The van der Waals surface area contributed by atoms with E-state index >= 15 is 0 Å². The van der Waals surface area contributed by atoms with Crippen LogP contribution < -0.4 is 5.32 Å². The van der Waals surface area contributed by atoms with Crippen molar-refractivity contribution < 1.29 is 0 Å². The molecule has 0 radical (unpaired) electrons. The second-order valence-corrected chi connectivity index (χ2v) is 4.67. The van der Waals surface area contributed by atoms with Gasteiger partial charge in [0.05, 0.1) is 17.9 Å². The van der Waals surface area contributed by atoms with Gasteiger partial charge in [0, 0.05) is 18.9 Å². The van der Waals surface area contributed by atoms with Gasteiger partial charge in [0.2, 0.25) is 0 Å². The molecule has 1 unspecified atom stereocenters. The molecule has 2 aromatic rings. The van der Waals surface area contributed by atoms with Crippen molar-refractivity contribution in [1.82, 2.24) is 20.1 Å². The van der Waals surface area contributed by atoms with E-state index in [0.717, 1.165) is 31.6 Å². The molecule has 4 heteroatoms. The normalized spacial score (nSPS) is 12.5. The van der Waals surface area contributed by atoms with Crippen LogP contribution in [0, 0.1) is 0 Å². The standard InChI is InChI=1S/C15H22N4/c1-3-8-16-15(14-7-5-6-9-17-14)10-13-11-18-19(4-2)12-13/h5-7,9,11-12,15-16H,3-4,8,10H2,1-2H3. The molecule has 0 aliphatic rings. The third kappa shape index (κ3) is 3.89. The monoisotopic (exact) mass is 258 g/mol. The van der Waals surface area contributed by atoms with Crippen LogP contribution in [0.5, 0.6) is 0 Å². The number of aryl methyl sites for hydroxylation is 1. The van der Waals surface area contributed by atoms with Crippen LogP contribution >= 0.6 is 0 Å². The molecule has 0 aliphatic heterocycles. The summed E-state index contributed by atoms with van der Waals surface area (Å²) in [7, 11) is 0. The van der Waals surface area contributed by atoms with E-state index in [1.165, 1.54) is 5.56 Å². The molecule has 19 heavy (non-hydrogen) atoms. The predicted octanol–water partition coefficient (Wildman–Crippen LogP) is 2.58. The van der Waals surface area contributed by atoms with Crippen molar-refractivity contribution in [3.05, 3.63) is 48.0 Å². The van der Waals surface area contributed by atoms with Gasteiger partial charge in [0.15, 0.2) is 0 Å². The van der Waals surface area contributed by atoms with Crippen molar-refractivity contribution in [2.24, 2.45) is 0 Å². The van der Waals surface area contributed by atoms with Crippen molar-refractivity contribution >= 4 is 0 Å². The maximum Gasteiger partial charge on any atom is 0.0576 e. The third-order valence-electron chi connectivity index (χ3n) is 3.14. The topological polar surface area (TPSA) is 42.7 Å². The van der Waals surface area contributed by atoms with E-state index in [0.29, 0.717) is 0 Å². The highest BCUT2D eigenvalue weighted by atomic mass is 15.3. The lowest BCUT2D eigenvalue weighted by Crippen LogP contribution is -2.24. The first kappa shape index (κ1) is 13.7. The van der Waals surface area contributed by atoms with E-state index in [-0.39, 0.29) is 6.04 Å². The number of hydrogen-bond donors (Lipinski definition) is 1. The van der Waals surface area contributed by atoms with Crippen LogP contribution in [0.4, 0.5) is 0 Å². The maximum absolute atomic E-state index is 4.47. The molecule has 0 aromatic carbocycles. The molecule has 2 rings (SSSR count). The first-order valence-corrected chi connectivity index (χ1v) is 6.99. The number of hydrogen-bond acceptors (Lipinski definition) is 3. The predicted molar refractivity (Wildman–Crippen MR) is 76.9 cm³/mol. The lowest BCUT2D eigenvalue weighted by atomic mass is 10.1. The lowest BCUT2D eigenvalue weighted by molar-refractivity contribution is 0.517. The highest BCUT2D eigenvalue weighted by Crippen LogP contribution is 2.16. The van der Waals surface area contributed by atoms with Crippen molar-refractivity contribution in [2.75, 3.05) is 6.54 Å². The number of aromatic nitrogens is 3. The largest absolute Gasteiger partial charge is 0.308 e. The highest BCUT2D eigenvalue weighted by molar-refractivity contribution is 5.14. The van der Waals surface area contributed by atoms with E-state index in [9.17, 15) is 0 Å². The van der Waals surface area contributed by atoms with Gasteiger partial charge in [-0.05, 0) is 44.0 Å². The van der Waals surface area contributed by atoms with Crippen molar-refractivity contribution in [2.45, 2.75) is 39.3 Å². The van der Waals surface area contributed by atoms with Gasteiger partial charge in [-0.1, -0.05) is 13.0 Å². The molecule has 2 aromatic heterocycles. The van der Waals surface area contributed by atoms with Crippen molar-refractivity contribution in [3.8, 4) is 0 Å². The molecule has 1 atom stereocenters. The van der Waals surface area contributed by atoms with Gasteiger partial charge < -0.3 is 5.32 Å². The summed E-state index contributed by atoms with van der Waals surface area (Å²) in [5.41, 5.74) is 2.35. The van der Waals surface area contributed by atoms with Crippen molar-refractivity contribution in [3.63, 3.8) is 0 Å². The number of pyridine rings is 1. The molecule has 0 saturated carbocycles. The minimum absolute atomic E-state index is 0.260. The van der Waals surface area contributed by atoms with Crippen LogP contribution in [0.2, 0.25) is 0 Å². The fourth-order valence-corrected chi connectivity index (χ4v) is 2.10. The molecule has 0 spiro atoms. The first-order valence-electron chi connectivity index (χ1n) is 6.99. The zero-order valence-electron chi connectivity index (χ0n) is 11.7. The number of nitrogens with zero attached hydrogens (tertiary/aromatic N) is 3. The van der Waals surface area contributed by atoms with Gasteiger partial charge in [-0.15, -0.1) is 0 Å². The number of rotatable bonds is 7. The van der Waals surface area contributed by atoms with Crippen LogP contribution in [0.1, 0.15) is 37.6 Å². The van der Waals surface area contributed by atoms with Crippen LogP contribution in [0.3, 0.4) is 0 Å². The lowest BCUT2D eigenvalue weighted by Gasteiger charge is -2.17. The summed E-state index contributed by atoms with van der Waals surface area (Å²) in [6.07, 6.45) is 7.97. The summed E-state index contributed by atoms with van der Waals surface area (Å²) < 4.78 is 1.96. The van der Waals surface area contributed by atoms with E-state index in [2.05, 4.69) is 41.5 Å². The van der Waals surface area contributed by atoms with Crippen LogP contribution in [-0.2, 0) is 13.0 Å². The summed E-state index contributed by atoms with van der Waals surface area (Å²) in [6.45, 7) is 6.19. The maximum atomic E-state index is 4.47. The van der Waals surface area contributed by atoms with E-state index in [1.807, 2.05) is 29.2 Å². The molecule has 0 bridgehead atoms. The highest BCUT2D eigenvalue weighted by Gasteiger charge is 2.13. The molecule has 1 N–H and O–H groups in total. The Hall–Kier alpha value is -1.68. The van der Waals surface area contributed by atoms with Gasteiger partial charge in [-0.25, -0.2) is 0 Å². The molecule has 0 amide bonds. The van der Waals surface area contributed by atoms with E-state index < -0.39 is 0 Å². The summed E-state index contributed by atoms with van der Waals surface area (Å²) in [6, 6.07) is 6.33. The molecule has 2 heterocycles. The smallest absolute Gasteiger partial charge is 0.0576 e. The molecule has 0 saturated heterocycles. The van der Waals surface area contributed by atoms with E-state index in [4.69, 9.17) is 0 Å². The molecule has 102 valence electrons. The summed E-state index contributed by atoms with van der Waals surface area (Å²) in [5.74, 6) is 0. The third-order valence-corrected chi connectivity index (χ3v) is 3.14. The Morgan fingerprint density at radius 1 is 1.32 bits per heavy atom. The quantitative estimate of drug-likeness (QED) is 0.830. The van der Waals surface area contributed by atoms with Gasteiger partial charge in [-0.3, -0.25) is 9.67 Å². The Bertz CT molecular complexity index is 478. The minimum Gasteiger partial charge on any atom is -0.308 e. The molecular formula is C15H22N4. The molecule has 4 nitrogen and oxygen atoms in total. The fourth-order valence-electron chi connectivity index (χ4n) is 2.10. The number of nitrogens with one attached hydrogen (secondary N) is 1. The van der Waals surface area contributed by atoms with Crippen LogP contribution in [0.25, 0.3) is 0 Å². The van der Waals surface area contributed by atoms with Gasteiger partial charge >= 0.3 is 0 Å². The van der Waals surface area contributed by atoms with Crippen LogP contribution in [0.15, 0.2) is 36.8 Å². The zero-order valence-corrected chi connectivity index (χ0v) is 11.7. The Kier molecular flexibility index (Phi) is 5.10. The molecule has 0 aliphatic carbocycles. The second kappa shape index (κ2) is 7.04. The summed E-state index contributed by atoms with van der Waals surface area (Å²) in [4.78, 5) is 4.47. The van der Waals surface area contributed by atoms with Gasteiger partial charge in [0.25, 0.3) is 0 Å². The van der Waals surface area contributed by atoms with Gasteiger partial charge in [-0.2, -0.15) is 5.10 Å². The summed E-state index contributed by atoms with van der Waals surface area (Å²) in [5, 5.41) is 7.89. The summed E-state index contributed by atoms with van der Waals surface area (Å²) >= 11 is 0. The average Bonchev–Trinajstić information content (AvgIpc) is 2.92. The second-order valence-electron chi connectivity index (χ2n) is 4.67.